The molecule has 1 aliphatic heterocycles. The molecule has 0 bridgehead atoms. The third-order valence-electron chi connectivity index (χ3n) is 4.70. The fourth-order valence-corrected chi connectivity index (χ4v) is 3.26. The summed E-state index contributed by atoms with van der Waals surface area (Å²) < 4.78 is 0. The van der Waals surface area contributed by atoms with Gasteiger partial charge in [0.25, 0.3) is 0 Å². The SMILES string of the molecule is Cc1nc(-c2cccc(NCc3ccc4c(c3)CCC(=O)N4C)c2)n[nH]1. The number of carbonyl (C=O) groups is 1. The number of H-pyrrole nitrogens is 1. The second-order valence-electron chi connectivity index (χ2n) is 6.59. The first kappa shape index (κ1) is 16.3. The zero-order chi connectivity index (χ0) is 18.1. The minimum absolute atomic E-state index is 0.183. The number of aromatic nitrogens is 3. The van der Waals surface area contributed by atoms with Gasteiger partial charge in [-0.2, -0.15) is 5.10 Å². The highest BCUT2D eigenvalue weighted by Gasteiger charge is 2.20. The fraction of sp³-hybridized carbons (Fsp3) is 0.250. The Bertz CT molecular complexity index is 962. The molecule has 0 fully saturated rings. The molecule has 132 valence electrons. The van der Waals surface area contributed by atoms with E-state index in [1.807, 2.05) is 44.3 Å². The van der Waals surface area contributed by atoms with Gasteiger partial charge in [-0.1, -0.05) is 24.3 Å². The van der Waals surface area contributed by atoms with E-state index in [0.717, 1.165) is 35.7 Å². The summed E-state index contributed by atoms with van der Waals surface area (Å²) in [5.41, 5.74) is 5.45. The van der Waals surface area contributed by atoms with Crippen LogP contribution >= 0.6 is 0 Å². The van der Waals surface area contributed by atoms with Gasteiger partial charge in [0, 0.05) is 37.0 Å². The van der Waals surface area contributed by atoms with Crippen LogP contribution in [-0.4, -0.2) is 28.1 Å². The average Bonchev–Trinajstić information content (AvgIpc) is 3.10. The molecule has 6 heteroatoms. The summed E-state index contributed by atoms with van der Waals surface area (Å²) in [5, 5.41) is 10.5. The van der Waals surface area contributed by atoms with Gasteiger partial charge in [-0.15, -0.1) is 0 Å². The third-order valence-corrected chi connectivity index (χ3v) is 4.70. The van der Waals surface area contributed by atoms with Crippen molar-refractivity contribution in [3.63, 3.8) is 0 Å². The van der Waals surface area contributed by atoms with E-state index in [0.29, 0.717) is 12.2 Å². The molecular weight excluding hydrogens is 326 g/mol. The van der Waals surface area contributed by atoms with E-state index < -0.39 is 0 Å². The lowest BCUT2D eigenvalue weighted by atomic mass is 9.99. The molecule has 0 radical (unpaired) electrons. The van der Waals surface area contributed by atoms with Crippen LogP contribution in [0.15, 0.2) is 42.5 Å². The van der Waals surface area contributed by atoms with E-state index >= 15 is 0 Å². The number of hydrogen-bond acceptors (Lipinski definition) is 4. The van der Waals surface area contributed by atoms with Crippen molar-refractivity contribution in [3.8, 4) is 11.4 Å². The number of carbonyl (C=O) groups excluding carboxylic acids is 1. The van der Waals surface area contributed by atoms with E-state index in [4.69, 9.17) is 0 Å². The van der Waals surface area contributed by atoms with Crippen molar-refractivity contribution >= 4 is 17.3 Å². The van der Waals surface area contributed by atoms with E-state index in [9.17, 15) is 4.79 Å². The number of benzene rings is 2. The van der Waals surface area contributed by atoms with Gasteiger partial charge in [-0.05, 0) is 42.7 Å². The van der Waals surface area contributed by atoms with Crippen LogP contribution in [0.4, 0.5) is 11.4 Å². The maximum Gasteiger partial charge on any atom is 0.227 e. The lowest BCUT2D eigenvalue weighted by Crippen LogP contribution is -2.31. The molecule has 1 amide bonds. The van der Waals surface area contributed by atoms with Crippen LogP contribution in [0.2, 0.25) is 0 Å². The molecule has 1 aliphatic rings. The van der Waals surface area contributed by atoms with E-state index in [1.165, 1.54) is 11.1 Å². The number of aryl methyl sites for hydroxylation is 2. The van der Waals surface area contributed by atoms with Gasteiger partial charge < -0.3 is 10.2 Å². The zero-order valence-electron chi connectivity index (χ0n) is 14.9. The summed E-state index contributed by atoms with van der Waals surface area (Å²) in [7, 11) is 1.84. The van der Waals surface area contributed by atoms with Crippen LogP contribution in [0.1, 0.15) is 23.4 Å². The Labute approximate surface area is 152 Å². The van der Waals surface area contributed by atoms with Crippen molar-refractivity contribution in [2.45, 2.75) is 26.3 Å². The Hall–Kier alpha value is -3.15. The minimum Gasteiger partial charge on any atom is -0.381 e. The monoisotopic (exact) mass is 347 g/mol. The van der Waals surface area contributed by atoms with Gasteiger partial charge in [0.05, 0.1) is 0 Å². The van der Waals surface area contributed by atoms with Crippen molar-refractivity contribution in [2.75, 3.05) is 17.3 Å². The maximum atomic E-state index is 11.8. The fourth-order valence-electron chi connectivity index (χ4n) is 3.26. The molecule has 0 atom stereocenters. The molecular formula is C20H21N5O. The molecule has 4 rings (SSSR count). The number of nitrogens with one attached hydrogen (secondary N) is 2. The summed E-state index contributed by atoms with van der Waals surface area (Å²) in [4.78, 5) is 17.9. The molecule has 0 saturated heterocycles. The average molecular weight is 347 g/mol. The zero-order valence-corrected chi connectivity index (χ0v) is 14.9. The van der Waals surface area contributed by atoms with Crippen molar-refractivity contribution in [1.82, 2.24) is 15.2 Å². The van der Waals surface area contributed by atoms with Gasteiger partial charge in [0.1, 0.15) is 5.82 Å². The molecule has 0 spiro atoms. The van der Waals surface area contributed by atoms with Crippen molar-refractivity contribution < 1.29 is 4.79 Å². The van der Waals surface area contributed by atoms with Crippen molar-refractivity contribution in [1.29, 1.82) is 0 Å². The number of amides is 1. The number of fused-ring (bicyclic) bond motifs is 1. The van der Waals surface area contributed by atoms with Gasteiger partial charge in [0.2, 0.25) is 5.91 Å². The van der Waals surface area contributed by atoms with Crippen LogP contribution in [-0.2, 0) is 17.8 Å². The van der Waals surface area contributed by atoms with Gasteiger partial charge in [-0.3, -0.25) is 9.89 Å². The quantitative estimate of drug-likeness (QED) is 0.759. The summed E-state index contributed by atoms with van der Waals surface area (Å²) in [6.45, 7) is 2.61. The topological polar surface area (TPSA) is 73.9 Å². The standard InChI is InChI=1S/C20H21N5O/c1-13-22-20(24-23-13)16-4-3-5-17(11-16)21-12-14-6-8-18-15(10-14)7-9-19(26)25(18)2/h3-6,8,10-11,21H,7,9,12H2,1-2H3,(H,22,23,24). The maximum absolute atomic E-state index is 11.8. The van der Waals surface area contributed by atoms with E-state index in [1.54, 1.807) is 4.90 Å². The number of hydrogen-bond donors (Lipinski definition) is 2. The first-order valence-electron chi connectivity index (χ1n) is 8.72. The minimum atomic E-state index is 0.183. The molecule has 26 heavy (non-hydrogen) atoms. The van der Waals surface area contributed by atoms with E-state index in [-0.39, 0.29) is 5.91 Å². The summed E-state index contributed by atoms with van der Waals surface area (Å²) >= 11 is 0. The Morgan fingerprint density at radius 1 is 1.19 bits per heavy atom. The number of aromatic amines is 1. The van der Waals surface area contributed by atoms with Crippen LogP contribution in [0.3, 0.4) is 0 Å². The highest BCUT2D eigenvalue weighted by Crippen LogP contribution is 2.28. The first-order chi connectivity index (χ1) is 12.6. The molecule has 3 aromatic rings. The smallest absolute Gasteiger partial charge is 0.227 e. The van der Waals surface area contributed by atoms with Crippen LogP contribution in [0.25, 0.3) is 11.4 Å². The molecule has 0 unspecified atom stereocenters. The number of anilines is 2. The summed E-state index contributed by atoms with van der Waals surface area (Å²) in [6.07, 6.45) is 1.39. The molecule has 2 N–H and O–H groups in total. The molecule has 6 nitrogen and oxygen atoms in total. The van der Waals surface area contributed by atoms with Crippen LogP contribution in [0, 0.1) is 6.92 Å². The van der Waals surface area contributed by atoms with Crippen LogP contribution in [0.5, 0.6) is 0 Å². The second kappa shape index (κ2) is 6.63. The van der Waals surface area contributed by atoms with Crippen molar-refractivity contribution in [3.05, 3.63) is 59.4 Å². The Morgan fingerprint density at radius 2 is 2.08 bits per heavy atom. The van der Waals surface area contributed by atoms with Gasteiger partial charge in [-0.25, -0.2) is 4.98 Å². The third kappa shape index (κ3) is 3.18. The van der Waals surface area contributed by atoms with Gasteiger partial charge >= 0.3 is 0 Å². The predicted octanol–water partition coefficient (Wildman–Crippen LogP) is 3.30. The predicted molar refractivity (Wildman–Crippen MR) is 102 cm³/mol. The molecule has 0 saturated carbocycles. The molecule has 0 aliphatic carbocycles. The highest BCUT2D eigenvalue weighted by atomic mass is 16.2. The molecule has 2 heterocycles. The molecule has 1 aromatic heterocycles. The number of nitrogens with zero attached hydrogens (tertiary/aromatic N) is 3. The van der Waals surface area contributed by atoms with E-state index in [2.05, 4.69) is 32.6 Å². The summed E-state index contributed by atoms with van der Waals surface area (Å²) in [5.74, 6) is 1.69. The van der Waals surface area contributed by atoms with Crippen molar-refractivity contribution in [2.24, 2.45) is 0 Å². The lowest BCUT2D eigenvalue weighted by molar-refractivity contribution is -0.118. The van der Waals surface area contributed by atoms with Crippen LogP contribution < -0.4 is 10.2 Å². The van der Waals surface area contributed by atoms with Gasteiger partial charge in [0.15, 0.2) is 5.82 Å². The Balaban J connectivity index is 1.49. The Morgan fingerprint density at radius 3 is 2.88 bits per heavy atom. The first-order valence-corrected chi connectivity index (χ1v) is 8.72. The highest BCUT2D eigenvalue weighted by molar-refractivity contribution is 5.95. The lowest BCUT2D eigenvalue weighted by Gasteiger charge is -2.26. The normalized spacial score (nSPS) is 13.6. The molecule has 2 aromatic carbocycles. The Kier molecular flexibility index (Phi) is 4.16. The second-order valence-corrected chi connectivity index (χ2v) is 6.59. The summed E-state index contributed by atoms with van der Waals surface area (Å²) in [6, 6.07) is 14.4. The number of rotatable bonds is 4. The largest absolute Gasteiger partial charge is 0.381 e.